The van der Waals surface area contributed by atoms with Gasteiger partial charge in [0.1, 0.15) is 0 Å². The number of aryl methyl sites for hydroxylation is 2. The second-order valence-electron chi connectivity index (χ2n) is 5.77. The summed E-state index contributed by atoms with van der Waals surface area (Å²) in [6.45, 7) is 11.5. The van der Waals surface area contributed by atoms with Gasteiger partial charge in [0.15, 0.2) is 0 Å². The van der Waals surface area contributed by atoms with E-state index in [1.54, 1.807) is 6.20 Å². The molecule has 114 valence electrons. The summed E-state index contributed by atoms with van der Waals surface area (Å²) >= 11 is 6.44. The Hall–Kier alpha value is -1.32. The first-order chi connectivity index (χ1) is 9.95. The van der Waals surface area contributed by atoms with Crippen LogP contribution in [0.25, 0.3) is 0 Å². The molecular formula is C17H24ClN3. The van der Waals surface area contributed by atoms with Crippen molar-refractivity contribution in [1.29, 1.82) is 0 Å². The van der Waals surface area contributed by atoms with Gasteiger partial charge in [-0.05, 0) is 45.4 Å². The van der Waals surface area contributed by atoms with Crippen LogP contribution in [0.3, 0.4) is 0 Å². The summed E-state index contributed by atoms with van der Waals surface area (Å²) in [5.74, 6) is 0. The van der Waals surface area contributed by atoms with Crippen molar-refractivity contribution in [2.75, 3.05) is 6.54 Å². The third-order valence-electron chi connectivity index (χ3n) is 3.70. The van der Waals surface area contributed by atoms with Gasteiger partial charge in [0, 0.05) is 6.04 Å². The van der Waals surface area contributed by atoms with Crippen LogP contribution >= 0.6 is 11.6 Å². The van der Waals surface area contributed by atoms with Crippen LogP contribution in [0, 0.1) is 13.8 Å². The Morgan fingerprint density at radius 3 is 2.62 bits per heavy atom. The Balaban J connectivity index is 2.59. The van der Waals surface area contributed by atoms with Gasteiger partial charge in [0.05, 0.1) is 23.0 Å². The quantitative estimate of drug-likeness (QED) is 0.885. The highest BCUT2D eigenvalue weighted by Gasteiger charge is 2.24. The molecule has 1 unspecified atom stereocenters. The first-order valence-corrected chi connectivity index (χ1v) is 7.87. The maximum absolute atomic E-state index is 6.44. The summed E-state index contributed by atoms with van der Waals surface area (Å²) < 4.78 is 2.01. The highest BCUT2D eigenvalue weighted by Crippen LogP contribution is 2.32. The van der Waals surface area contributed by atoms with Crippen molar-refractivity contribution < 1.29 is 0 Å². The maximum Gasteiger partial charge on any atom is 0.0837 e. The van der Waals surface area contributed by atoms with E-state index in [0.717, 1.165) is 17.3 Å². The molecule has 1 aromatic heterocycles. The van der Waals surface area contributed by atoms with Crippen molar-refractivity contribution >= 4 is 11.6 Å². The highest BCUT2D eigenvalue weighted by atomic mass is 35.5. The minimum Gasteiger partial charge on any atom is -0.305 e. The van der Waals surface area contributed by atoms with Crippen LogP contribution in [0.2, 0.25) is 5.02 Å². The molecule has 0 bridgehead atoms. The summed E-state index contributed by atoms with van der Waals surface area (Å²) in [7, 11) is 0. The van der Waals surface area contributed by atoms with E-state index in [4.69, 9.17) is 11.6 Å². The van der Waals surface area contributed by atoms with Gasteiger partial charge in [0.25, 0.3) is 0 Å². The largest absolute Gasteiger partial charge is 0.305 e. The van der Waals surface area contributed by atoms with Gasteiger partial charge in [-0.2, -0.15) is 5.10 Å². The van der Waals surface area contributed by atoms with E-state index in [0.29, 0.717) is 0 Å². The molecule has 0 aliphatic heterocycles. The molecule has 2 rings (SSSR count). The lowest BCUT2D eigenvalue weighted by Crippen LogP contribution is -2.26. The van der Waals surface area contributed by atoms with E-state index in [1.807, 2.05) is 4.68 Å². The van der Waals surface area contributed by atoms with E-state index < -0.39 is 0 Å². The number of nitrogens with one attached hydrogen (secondary N) is 1. The molecular weight excluding hydrogens is 282 g/mol. The molecule has 1 aromatic carbocycles. The fraction of sp³-hybridized carbons (Fsp3) is 0.471. The van der Waals surface area contributed by atoms with Crippen molar-refractivity contribution in [2.24, 2.45) is 0 Å². The summed E-state index contributed by atoms with van der Waals surface area (Å²) in [6.07, 6.45) is 1.74. The number of nitrogens with zero attached hydrogens (tertiary/aromatic N) is 2. The number of halogens is 1. The first-order valence-electron chi connectivity index (χ1n) is 7.49. The number of hydrogen-bond acceptors (Lipinski definition) is 2. The zero-order chi connectivity index (χ0) is 15.6. The van der Waals surface area contributed by atoms with Gasteiger partial charge in [-0.15, -0.1) is 0 Å². The van der Waals surface area contributed by atoms with E-state index in [-0.39, 0.29) is 12.1 Å². The Morgan fingerprint density at radius 1 is 1.29 bits per heavy atom. The summed E-state index contributed by atoms with van der Waals surface area (Å²) in [5.41, 5.74) is 4.83. The third kappa shape index (κ3) is 3.30. The molecule has 0 aliphatic carbocycles. The number of benzene rings is 1. The molecule has 0 spiro atoms. The standard InChI is InChI=1S/C17H24ClN3/c1-6-19-16(14-9-12(4)7-8-13(14)5)17-15(18)10-20-21(17)11(2)3/h7-11,16,19H,6H2,1-5H3. The molecule has 0 radical (unpaired) electrons. The van der Waals surface area contributed by atoms with Crippen LogP contribution in [0.1, 0.15) is 55.2 Å². The second kappa shape index (κ2) is 6.63. The fourth-order valence-electron chi connectivity index (χ4n) is 2.66. The molecule has 1 atom stereocenters. The molecule has 3 nitrogen and oxygen atoms in total. The molecule has 4 heteroatoms. The molecule has 1 heterocycles. The summed E-state index contributed by atoms with van der Waals surface area (Å²) in [6, 6.07) is 6.88. The van der Waals surface area contributed by atoms with E-state index in [9.17, 15) is 0 Å². The van der Waals surface area contributed by atoms with Gasteiger partial charge in [-0.1, -0.05) is 42.3 Å². The smallest absolute Gasteiger partial charge is 0.0837 e. The van der Waals surface area contributed by atoms with Gasteiger partial charge in [-0.3, -0.25) is 4.68 Å². The lowest BCUT2D eigenvalue weighted by molar-refractivity contribution is 0.475. The third-order valence-corrected chi connectivity index (χ3v) is 3.99. The average Bonchev–Trinajstić information content (AvgIpc) is 2.81. The highest BCUT2D eigenvalue weighted by molar-refractivity contribution is 6.31. The van der Waals surface area contributed by atoms with Crippen molar-refractivity contribution in [3.8, 4) is 0 Å². The van der Waals surface area contributed by atoms with Gasteiger partial charge < -0.3 is 5.32 Å². The fourth-order valence-corrected chi connectivity index (χ4v) is 2.90. The molecule has 0 fully saturated rings. The van der Waals surface area contributed by atoms with Crippen molar-refractivity contribution in [3.05, 3.63) is 51.8 Å². The van der Waals surface area contributed by atoms with Crippen LogP contribution in [0.4, 0.5) is 0 Å². The molecule has 0 saturated carbocycles. The Bertz CT molecular complexity index is 616. The molecule has 1 N–H and O–H groups in total. The van der Waals surface area contributed by atoms with E-state index in [1.165, 1.54) is 16.7 Å². The Morgan fingerprint density at radius 2 is 2.00 bits per heavy atom. The first kappa shape index (κ1) is 16.1. The van der Waals surface area contributed by atoms with Crippen molar-refractivity contribution in [1.82, 2.24) is 15.1 Å². The van der Waals surface area contributed by atoms with E-state index in [2.05, 4.69) is 63.2 Å². The van der Waals surface area contributed by atoms with Crippen LogP contribution < -0.4 is 5.32 Å². The van der Waals surface area contributed by atoms with Crippen molar-refractivity contribution in [3.63, 3.8) is 0 Å². The second-order valence-corrected chi connectivity index (χ2v) is 6.17. The van der Waals surface area contributed by atoms with Crippen LogP contribution in [-0.4, -0.2) is 16.3 Å². The number of aromatic nitrogens is 2. The average molecular weight is 306 g/mol. The monoisotopic (exact) mass is 305 g/mol. The zero-order valence-corrected chi connectivity index (χ0v) is 14.2. The van der Waals surface area contributed by atoms with Gasteiger partial charge >= 0.3 is 0 Å². The van der Waals surface area contributed by atoms with Gasteiger partial charge in [0.2, 0.25) is 0 Å². The lowest BCUT2D eigenvalue weighted by atomic mass is 9.96. The SMILES string of the molecule is CCNC(c1cc(C)ccc1C)c1c(Cl)cnn1C(C)C. The number of hydrogen-bond donors (Lipinski definition) is 1. The van der Waals surface area contributed by atoms with E-state index >= 15 is 0 Å². The summed E-state index contributed by atoms with van der Waals surface area (Å²) in [4.78, 5) is 0. The molecule has 21 heavy (non-hydrogen) atoms. The Labute approximate surface area is 132 Å². The van der Waals surface area contributed by atoms with Crippen molar-refractivity contribution in [2.45, 2.75) is 46.7 Å². The zero-order valence-electron chi connectivity index (χ0n) is 13.4. The lowest BCUT2D eigenvalue weighted by Gasteiger charge is -2.24. The minimum atomic E-state index is 0.0623. The van der Waals surface area contributed by atoms with Crippen LogP contribution in [0.15, 0.2) is 24.4 Å². The normalized spacial score (nSPS) is 12.9. The Kier molecular flexibility index (Phi) is 5.07. The predicted octanol–water partition coefficient (Wildman–Crippen LogP) is 4.43. The molecule has 0 aliphatic rings. The predicted molar refractivity (Wildman–Crippen MR) is 89.1 cm³/mol. The molecule has 2 aromatic rings. The molecule has 0 amide bonds. The number of rotatable bonds is 5. The topological polar surface area (TPSA) is 29.9 Å². The minimum absolute atomic E-state index is 0.0623. The van der Waals surface area contributed by atoms with Crippen LogP contribution in [0.5, 0.6) is 0 Å². The van der Waals surface area contributed by atoms with Gasteiger partial charge in [-0.25, -0.2) is 0 Å². The molecule has 0 saturated heterocycles. The van der Waals surface area contributed by atoms with Crippen LogP contribution in [-0.2, 0) is 0 Å². The summed E-state index contributed by atoms with van der Waals surface area (Å²) in [5, 5.41) is 8.72. The maximum atomic E-state index is 6.44.